The molecule has 0 atom stereocenters. The van der Waals surface area contributed by atoms with Gasteiger partial charge in [0.2, 0.25) is 0 Å². The van der Waals surface area contributed by atoms with Gasteiger partial charge in [-0.25, -0.2) is 4.98 Å². The van der Waals surface area contributed by atoms with Gasteiger partial charge in [0.1, 0.15) is 0 Å². The fraction of sp³-hybridized carbons (Fsp3) is 0.400. The molecule has 1 aromatic heterocycles. The summed E-state index contributed by atoms with van der Waals surface area (Å²) < 4.78 is 1.68. The maximum absolute atomic E-state index is 8.64. The fourth-order valence-corrected chi connectivity index (χ4v) is 0.841. The van der Waals surface area contributed by atoms with Crippen LogP contribution in [0.4, 0.5) is 0 Å². The van der Waals surface area contributed by atoms with Crippen LogP contribution >= 0.6 is 11.6 Å². The fourth-order valence-electron chi connectivity index (χ4n) is 0.604. The first kappa shape index (κ1) is 6.58. The van der Waals surface area contributed by atoms with Gasteiger partial charge in [0.15, 0.2) is 5.15 Å². The minimum atomic E-state index is -0.0602. The SMILES string of the molecule is Cn1cnc(Cl)c1CO. The summed E-state index contributed by atoms with van der Waals surface area (Å²) >= 11 is 5.55. The molecule has 0 saturated carbocycles. The van der Waals surface area contributed by atoms with Gasteiger partial charge in [-0.1, -0.05) is 11.6 Å². The molecule has 4 heteroatoms. The Morgan fingerprint density at radius 2 is 2.56 bits per heavy atom. The van der Waals surface area contributed by atoms with E-state index in [-0.39, 0.29) is 6.61 Å². The topological polar surface area (TPSA) is 38.0 Å². The van der Waals surface area contributed by atoms with E-state index in [0.717, 1.165) is 0 Å². The van der Waals surface area contributed by atoms with E-state index < -0.39 is 0 Å². The Kier molecular flexibility index (Phi) is 1.73. The predicted octanol–water partition coefficient (Wildman–Crippen LogP) is 0.566. The lowest BCUT2D eigenvalue weighted by molar-refractivity contribution is 0.273. The Balaban J connectivity index is 3.07. The molecule has 0 fully saturated rings. The molecule has 50 valence electrons. The van der Waals surface area contributed by atoms with E-state index >= 15 is 0 Å². The second-order valence-electron chi connectivity index (χ2n) is 1.75. The minimum absolute atomic E-state index is 0.0602. The summed E-state index contributed by atoms with van der Waals surface area (Å²) in [4.78, 5) is 3.76. The zero-order chi connectivity index (χ0) is 6.85. The summed E-state index contributed by atoms with van der Waals surface area (Å²) in [5, 5.41) is 9.02. The molecule has 0 spiro atoms. The first-order valence-corrected chi connectivity index (χ1v) is 2.90. The summed E-state index contributed by atoms with van der Waals surface area (Å²) in [5.41, 5.74) is 0.650. The van der Waals surface area contributed by atoms with Gasteiger partial charge in [-0.05, 0) is 0 Å². The highest BCUT2D eigenvalue weighted by Crippen LogP contribution is 2.10. The lowest BCUT2D eigenvalue weighted by Gasteiger charge is -1.94. The molecule has 0 aliphatic carbocycles. The number of halogens is 1. The monoisotopic (exact) mass is 146 g/mol. The minimum Gasteiger partial charge on any atom is -0.390 e. The van der Waals surface area contributed by atoms with Gasteiger partial charge in [-0.2, -0.15) is 0 Å². The van der Waals surface area contributed by atoms with Gasteiger partial charge in [-0.3, -0.25) is 0 Å². The standard InChI is InChI=1S/C5H7ClN2O/c1-8-3-7-5(6)4(8)2-9/h3,9H,2H2,1H3. The second kappa shape index (κ2) is 2.37. The Labute approximate surface area is 57.9 Å². The highest BCUT2D eigenvalue weighted by molar-refractivity contribution is 6.30. The van der Waals surface area contributed by atoms with Crippen molar-refractivity contribution in [3.63, 3.8) is 0 Å². The van der Waals surface area contributed by atoms with Crippen molar-refractivity contribution in [3.05, 3.63) is 17.2 Å². The molecule has 0 saturated heterocycles. The van der Waals surface area contributed by atoms with Gasteiger partial charge in [-0.15, -0.1) is 0 Å². The van der Waals surface area contributed by atoms with E-state index in [1.165, 1.54) is 0 Å². The molecule has 9 heavy (non-hydrogen) atoms. The maximum atomic E-state index is 8.64. The van der Waals surface area contributed by atoms with Crippen molar-refractivity contribution in [1.82, 2.24) is 9.55 Å². The van der Waals surface area contributed by atoms with E-state index in [9.17, 15) is 0 Å². The molecule has 0 aromatic carbocycles. The molecule has 3 nitrogen and oxygen atoms in total. The van der Waals surface area contributed by atoms with Crippen LogP contribution in [0.3, 0.4) is 0 Å². The van der Waals surface area contributed by atoms with E-state index in [1.807, 2.05) is 0 Å². The second-order valence-corrected chi connectivity index (χ2v) is 2.11. The van der Waals surface area contributed by atoms with Crippen molar-refractivity contribution >= 4 is 11.6 Å². The number of rotatable bonds is 1. The van der Waals surface area contributed by atoms with Crippen molar-refractivity contribution in [2.45, 2.75) is 6.61 Å². The Hall–Kier alpha value is -0.540. The number of aryl methyl sites for hydroxylation is 1. The van der Waals surface area contributed by atoms with E-state index in [0.29, 0.717) is 10.8 Å². The largest absolute Gasteiger partial charge is 0.390 e. The van der Waals surface area contributed by atoms with Crippen LogP contribution in [0.5, 0.6) is 0 Å². The zero-order valence-electron chi connectivity index (χ0n) is 5.00. The van der Waals surface area contributed by atoms with Crippen LogP contribution < -0.4 is 0 Å². The van der Waals surface area contributed by atoms with Crippen molar-refractivity contribution in [2.24, 2.45) is 7.05 Å². The molecule has 1 N–H and O–H groups in total. The Morgan fingerprint density at radius 1 is 1.89 bits per heavy atom. The first-order chi connectivity index (χ1) is 4.25. The Bertz CT molecular complexity index is 189. The van der Waals surface area contributed by atoms with Gasteiger partial charge in [0.05, 0.1) is 18.6 Å². The van der Waals surface area contributed by atoms with Gasteiger partial charge in [0.25, 0.3) is 0 Å². The quantitative estimate of drug-likeness (QED) is 0.629. The number of hydrogen-bond donors (Lipinski definition) is 1. The Morgan fingerprint density at radius 3 is 2.78 bits per heavy atom. The summed E-state index contributed by atoms with van der Waals surface area (Å²) in [6.45, 7) is -0.0602. The average molecular weight is 147 g/mol. The van der Waals surface area contributed by atoms with Crippen molar-refractivity contribution in [1.29, 1.82) is 0 Å². The van der Waals surface area contributed by atoms with Crippen LogP contribution in [-0.2, 0) is 13.7 Å². The number of nitrogens with zero attached hydrogens (tertiary/aromatic N) is 2. The van der Waals surface area contributed by atoms with Crippen LogP contribution in [0.2, 0.25) is 5.15 Å². The number of aromatic nitrogens is 2. The third-order valence-corrected chi connectivity index (χ3v) is 1.47. The highest BCUT2D eigenvalue weighted by Gasteiger charge is 2.02. The number of imidazole rings is 1. The van der Waals surface area contributed by atoms with E-state index in [2.05, 4.69) is 4.98 Å². The third-order valence-electron chi connectivity index (χ3n) is 1.16. The van der Waals surface area contributed by atoms with Crippen LogP contribution in [-0.4, -0.2) is 14.7 Å². The van der Waals surface area contributed by atoms with Gasteiger partial charge in [0, 0.05) is 7.05 Å². The zero-order valence-corrected chi connectivity index (χ0v) is 5.76. The molecule has 1 heterocycles. The molecule has 0 radical (unpaired) electrons. The molecule has 0 bridgehead atoms. The average Bonchev–Trinajstić information content (AvgIpc) is 2.12. The van der Waals surface area contributed by atoms with E-state index in [1.54, 1.807) is 17.9 Å². The predicted molar refractivity (Wildman–Crippen MR) is 34.1 cm³/mol. The number of aliphatic hydroxyl groups excluding tert-OH is 1. The summed E-state index contributed by atoms with van der Waals surface area (Å²) in [7, 11) is 1.78. The molecule has 1 aromatic rings. The van der Waals surface area contributed by atoms with Gasteiger partial charge >= 0.3 is 0 Å². The molecule has 0 aliphatic rings. The maximum Gasteiger partial charge on any atom is 0.152 e. The first-order valence-electron chi connectivity index (χ1n) is 2.52. The summed E-state index contributed by atoms with van der Waals surface area (Å²) in [6, 6.07) is 0. The molecule has 0 aliphatic heterocycles. The normalized spacial score (nSPS) is 10.1. The lowest BCUT2D eigenvalue weighted by atomic mass is 10.5. The van der Waals surface area contributed by atoms with Crippen molar-refractivity contribution in [3.8, 4) is 0 Å². The third kappa shape index (κ3) is 1.06. The molecular formula is C5H7ClN2O. The summed E-state index contributed by atoms with van der Waals surface area (Å²) in [6.07, 6.45) is 1.56. The van der Waals surface area contributed by atoms with Crippen LogP contribution in [0.25, 0.3) is 0 Å². The van der Waals surface area contributed by atoms with Crippen LogP contribution in [0.15, 0.2) is 6.33 Å². The molecular weight excluding hydrogens is 140 g/mol. The molecule has 0 unspecified atom stereocenters. The molecule has 0 amide bonds. The smallest absolute Gasteiger partial charge is 0.152 e. The van der Waals surface area contributed by atoms with Crippen LogP contribution in [0, 0.1) is 0 Å². The lowest BCUT2D eigenvalue weighted by Crippen LogP contribution is -1.93. The van der Waals surface area contributed by atoms with E-state index in [4.69, 9.17) is 16.7 Å². The number of aliphatic hydroxyl groups is 1. The number of hydrogen-bond acceptors (Lipinski definition) is 2. The van der Waals surface area contributed by atoms with Crippen molar-refractivity contribution in [2.75, 3.05) is 0 Å². The van der Waals surface area contributed by atoms with Gasteiger partial charge < -0.3 is 9.67 Å². The van der Waals surface area contributed by atoms with Crippen molar-refractivity contribution < 1.29 is 5.11 Å². The summed E-state index contributed by atoms with van der Waals surface area (Å²) in [5.74, 6) is 0. The van der Waals surface area contributed by atoms with Crippen LogP contribution in [0.1, 0.15) is 5.69 Å². The highest BCUT2D eigenvalue weighted by atomic mass is 35.5. The molecule has 1 rings (SSSR count).